The van der Waals surface area contributed by atoms with E-state index < -0.39 is 0 Å². The summed E-state index contributed by atoms with van der Waals surface area (Å²) in [5.74, 6) is 0.183. The predicted molar refractivity (Wildman–Crippen MR) is 84.4 cm³/mol. The van der Waals surface area contributed by atoms with Gasteiger partial charge < -0.3 is 15.5 Å². The number of urea groups is 1. The number of carbonyl (C=O) groups excluding carboxylic acids is 2. The van der Waals surface area contributed by atoms with Gasteiger partial charge in [-0.2, -0.15) is 0 Å². The molecule has 0 saturated carbocycles. The summed E-state index contributed by atoms with van der Waals surface area (Å²) in [4.78, 5) is 26.8. The van der Waals surface area contributed by atoms with E-state index in [1.165, 1.54) is 0 Å². The molecule has 116 valence electrons. The first-order chi connectivity index (χ1) is 10.0. The van der Waals surface area contributed by atoms with E-state index in [9.17, 15) is 9.59 Å². The fourth-order valence-corrected chi connectivity index (χ4v) is 3.13. The van der Waals surface area contributed by atoms with Crippen molar-refractivity contribution in [2.75, 3.05) is 13.1 Å². The number of amides is 3. The zero-order valence-corrected chi connectivity index (χ0v) is 13.4. The van der Waals surface area contributed by atoms with Crippen molar-refractivity contribution in [3.05, 3.63) is 22.4 Å². The summed E-state index contributed by atoms with van der Waals surface area (Å²) >= 11 is 1.62. The average Bonchev–Trinajstić information content (AvgIpc) is 2.91. The molecule has 2 N–H and O–H groups in total. The van der Waals surface area contributed by atoms with E-state index in [4.69, 9.17) is 0 Å². The van der Waals surface area contributed by atoms with Crippen LogP contribution in [0.4, 0.5) is 4.79 Å². The largest absolute Gasteiger partial charge is 0.342 e. The second-order valence-corrected chi connectivity index (χ2v) is 6.72. The highest BCUT2D eigenvalue weighted by Crippen LogP contribution is 2.15. The summed E-state index contributed by atoms with van der Waals surface area (Å²) in [7, 11) is 0. The molecule has 6 heteroatoms. The van der Waals surface area contributed by atoms with Crippen LogP contribution in [0.5, 0.6) is 0 Å². The maximum atomic E-state index is 12.2. The van der Waals surface area contributed by atoms with Crippen LogP contribution < -0.4 is 10.6 Å². The molecule has 0 aliphatic carbocycles. The zero-order chi connectivity index (χ0) is 15.2. The number of nitrogens with zero attached hydrogens (tertiary/aromatic N) is 1. The molecule has 0 spiro atoms. The van der Waals surface area contributed by atoms with Crippen LogP contribution in [0.25, 0.3) is 0 Å². The predicted octanol–water partition coefficient (Wildman–Crippen LogP) is 1.99. The number of hydrogen-bond donors (Lipinski definition) is 2. The quantitative estimate of drug-likeness (QED) is 0.893. The topological polar surface area (TPSA) is 61.4 Å². The van der Waals surface area contributed by atoms with E-state index in [1.807, 2.05) is 36.3 Å². The van der Waals surface area contributed by atoms with Crippen LogP contribution in [0, 0.1) is 0 Å². The Hall–Kier alpha value is -1.56. The van der Waals surface area contributed by atoms with Gasteiger partial charge in [0.05, 0.1) is 6.42 Å². The van der Waals surface area contributed by atoms with E-state index >= 15 is 0 Å². The molecule has 1 aliphatic rings. The smallest absolute Gasteiger partial charge is 0.315 e. The Kier molecular flexibility index (Phi) is 5.61. The van der Waals surface area contributed by atoms with Crippen LogP contribution in [-0.4, -0.2) is 42.0 Å². The number of likely N-dealkylation sites (tertiary alicyclic amines) is 1. The zero-order valence-electron chi connectivity index (χ0n) is 12.6. The summed E-state index contributed by atoms with van der Waals surface area (Å²) in [6, 6.07) is 4.14. The highest BCUT2D eigenvalue weighted by molar-refractivity contribution is 7.10. The van der Waals surface area contributed by atoms with E-state index in [-0.39, 0.29) is 24.0 Å². The van der Waals surface area contributed by atoms with Crippen LogP contribution in [0.3, 0.4) is 0 Å². The lowest BCUT2D eigenvalue weighted by molar-refractivity contribution is -0.131. The highest BCUT2D eigenvalue weighted by atomic mass is 32.1. The molecule has 1 aromatic heterocycles. The van der Waals surface area contributed by atoms with Gasteiger partial charge in [-0.1, -0.05) is 6.07 Å². The van der Waals surface area contributed by atoms with E-state index in [0.29, 0.717) is 6.42 Å². The highest BCUT2D eigenvalue weighted by Gasteiger charge is 2.24. The summed E-state index contributed by atoms with van der Waals surface area (Å²) in [6.07, 6.45) is 2.13. The van der Waals surface area contributed by atoms with Gasteiger partial charge in [0.15, 0.2) is 0 Å². The number of piperidine rings is 1. The molecule has 1 aromatic rings. The molecule has 5 nitrogen and oxygen atoms in total. The summed E-state index contributed by atoms with van der Waals surface area (Å²) in [5.41, 5.74) is 0. The van der Waals surface area contributed by atoms with Crippen LogP contribution in [0.15, 0.2) is 17.5 Å². The molecule has 21 heavy (non-hydrogen) atoms. The molecular formula is C15H23N3O2S. The molecule has 2 rings (SSSR count). The summed E-state index contributed by atoms with van der Waals surface area (Å²) < 4.78 is 0. The lowest BCUT2D eigenvalue weighted by Crippen LogP contribution is -2.50. The minimum absolute atomic E-state index is 0.117. The molecule has 1 aliphatic heterocycles. The number of hydrogen-bond acceptors (Lipinski definition) is 3. The molecule has 3 amide bonds. The number of carbonyl (C=O) groups is 2. The maximum Gasteiger partial charge on any atom is 0.315 e. The minimum Gasteiger partial charge on any atom is -0.342 e. The molecule has 1 saturated heterocycles. The molecule has 0 bridgehead atoms. The minimum atomic E-state index is -0.117. The van der Waals surface area contributed by atoms with Crippen molar-refractivity contribution in [2.45, 2.75) is 45.2 Å². The van der Waals surface area contributed by atoms with Gasteiger partial charge in [0.25, 0.3) is 0 Å². The Morgan fingerprint density at radius 3 is 2.67 bits per heavy atom. The molecule has 0 aromatic carbocycles. The van der Waals surface area contributed by atoms with Crippen molar-refractivity contribution >= 4 is 23.3 Å². The first-order valence-electron chi connectivity index (χ1n) is 7.42. The normalized spacial score (nSPS) is 16.0. The number of thiophene rings is 1. The number of nitrogens with one attached hydrogen (secondary N) is 2. The van der Waals surface area contributed by atoms with Crippen molar-refractivity contribution in [3.8, 4) is 0 Å². The third kappa shape index (κ3) is 5.04. The van der Waals surface area contributed by atoms with Crippen molar-refractivity contribution in [2.24, 2.45) is 0 Å². The average molecular weight is 309 g/mol. The van der Waals surface area contributed by atoms with Gasteiger partial charge >= 0.3 is 6.03 Å². The molecule has 2 heterocycles. The third-order valence-electron chi connectivity index (χ3n) is 3.51. The van der Waals surface area contributed by atoms with E-state index in [0.717, 1.165) is 30.8 Å². The van der Waals surface area contributed by atoms with Gasteiger partial charge in [0.2, 0.25) is 5.91 Å². The molecular weight excluding hydrogens is 286 g/mol. The Bertz CT molecular complexity index is 465. The van der Waals surface area contributed by atoms with Crippen molar-refractivity contribution < 1.29 is 9.59 Å². The van der Waals surface area contributed by atoms with Crippen molar-refractivity contribution in [1.82, 2.24) is 15.5 Å². The van der Waals surface area contributed by atoms with Gasteiger partial charge in [-0.3, -0.25) is 4.79 Å². The van der Waals surface area contributed by atoms with E-state index in [1.54, 1.807) is 11.3 Å². The van der Waals surface area contributed by atoms with Crippen LogP contribution >= 0.6 is 11.3 Å². The van der Waals surface area contributed by atoms with Crippen LogP contribution in [0.2, 0.25) is 0 Å². The fraction of sp³-hybridized carbons (Fsp3) is 0.600. The molecule has 0 radical (unpaired) electrons. The van der Waals surface area contributed by atoms with Gasteiger partial charge in [-0.05, 0) is 38.1 Å². The first-order valence-corrected chi connectivity index (χ1v) is 8.29. The third-order valence-corrected chi connectivity index (χ3v) is 4.38. The lowest BCUT2D eigenvalue weighted by Gasteiger charge is -2.32. The van der Waals surface area contributed by atoms with Crippen molar-refractivity contribution in [3.63, 3.8) is 0 Å². The fourth-order valence-electron chi connectivity index (χ4n) is 2.44. The van der Waals surface area contributed by atoms with Gasteiger partial charge in [-0.15, -0.1) is 11.3 Å². The maximum absolute atomic E-state index is 12.2. The Balaban J connectivity index is 1.72. The molecule has 0 unspecified atom stereocenters. The Labute approximate surface area is 129 Å². The van der Waals surface area contributed by atoms with Gasteiger partial charge in [0.1, 0.15) is 0 Å². The SMILES string of the molecule is CC(C)NC(=O)NC1CCN(C(=O)Cc2cccs2)CC1. The second-order valence-electron chi connectivity index (χ2n) is 5.68. The van der Waals surface area contributed by atoms with Crippen LogP contribution in [-0.2, 0) is 11.2 Å². The molecule has 1 fully saturated rings. The lowest BCUT2D eigenvalue weighted by atomic mass is 10.0. The van der Waals surface area contributed by atoms with Crippen LogP contribution in [0.1, 0.15) is 31.6 Å². The van der Waals surface area contributed by atoms with Gasteiger partial charge in [0, 0.05) is 30.1 Å². The Morgan fingerprint density at radius 2 is 2.10 bits per heavy atom. The van der Waals surface area contributed by atoms with Gasteiger partial charge in [-0.25, -0.2) is 4.79 Å². The Morgan fingerprint density at radius 1 is 1.38 bits per heavy atom. The summed E-state index contributed by atoms with van der Waals surface area (Å²) in [5, 5.41) is 7.79. The molecule has 0 atom stereocenters. The van der Waals surface area contributed by atoms with E-state index in [2.05, 4.69) is 10.6 Å². The number of rotatable bonds is 4. The summed E-state index contributed by atoms with van der Waals surface area (Å²) in [6.45, 7) is 5.31. The second kappa shape index (κ2) is 7.45. The standard InChI is InChI=1S/C15H23N3O2S/c1-11(2)16-15(20)17-12-5-7-18(8-6-12)14(19)10-13-4-3-9-21-13/h3-4,9,11-12H,5-8,10H2,1-2H3,(H2,16,17,20). The van der Waals surface area contributed by atoms with Crippen molar-refractivity contribution in [1.29, 1.82) is 0 Å². The first kappa shape index (κ1) is 15.8. The monoisotopic (exact) mass is 309 g/mol.